The molecule has 6 heteroatoms. The second-order valence-corrected chi connectivity index (χ2v) is 5.07. The summed E-state index contributed by atoms with van der Waals surface area (Å²) in [5.41, 5.74) is 7.94. The molecular weight excluding hydrogens is 270 g/mol. The van der Waals surface area contributed by atoms with Gasteiger partial charge in [0.1, 0.15) is 0 Å². The zero-order valence-corrected chi connectivity index (χ0v) is 11.9. The number of para-hydroxylation sites is 1. The van der Waals surface area contributed by atoms with Gasteiger partial charge < -0.3 is 20.7 Å². The lowest BCUT2D eigenvalue weighted by molar-refractivity contribution is -0.138. The SMILES string of the molecule is CN(CCC(=O)O)C(=O)[C@@H](N)Cc1c[nH]c2ccccc12. The van der Waals surface area contributed by atoms with Gasteiger partial charge in [-0.15, -0.1) is 0 Å². The predicted octanol–water partition coefficient (Wildman–Crippen LogP) is 0.971. The van der Waals surface area contributed by atoms with Crippen molar-refractivity contribution in [1.82, 2.24) is 9.88 Å². The summed E-state index contributed by atoms with van der Waals surface area (Å²) in [7, 11) is 1.57. The van der Waals surface area contributed by atoms with Crippen molar-refractivity contribution in [3.8, 4) is 0 Å². The first kappa shape index (κ1) is 15.1. The number of carbonyl (C=O) groups excluding carboxylic acids is 1. The van der Waals surface area contributed by atoms with Crippen molar-refractivity contribution in [2.75, 3.05) is 13.6 Å². The molecule has 21 heavy (non-hydrogen) atoms. The van der Waals surface area contributed by atoms with Crippen LogP contribution in [0.5, 0.6) is 0 Å². The van der Waals surface area contributed by atoms with E-state index in [0.717, 1.165) is 16.5 Å². The van der Waals surface area contributed by atoms with Crippen molar-refractivity contribution in [2.24, 2.45) is 5.73 Å². The molecule has 1 amide bonds. The van der Waals surface area contributed by atoms with E-state index >= 15 is 0 Å². The van der Waals surface area contributed by atoms with Crippen LogP contribution in [0.3, 0.4) is 0 Å². The minimum atomic E-state index is -0.931. The zero-order valence-electron chi connectivity index (χ0n) is 11.9. The number of aromatic amines is 1. The number of H-pyrrole nitrogens is 1. The van der Waals surface area contributed by atoms with Crippen molar-refractivity contribution in [3.05, 3.63) is 36.0 Å². The average Bonchev–Trinajstić information content (AvgIpc) is 2.87. The maximum absolute atomic E-state index is 12.1. The molecule has 0 fully saturated rings. The van der Waals surface area contributed by atoms with Crippen molar-refractivity contribution < 1.29 is 14.7 Å². The Bertz CT molecular complexity index is 650. The molecule has 0 spiro atoms. The number of nitrogens with one attached hydrogen (secondary N) is 1. The first-order valence-corrected chi connectivity index (χ1v) is 6.76. The molecule has 0 aliphatic rings. The molecule has 1 aromatic carbocycles. The number of hydrogen-bond donors (Lipinski definition) is 3. The van der Waals surface area contributed by atoms with E-state index in [1.807, 2.05) is 30.5 Å². The van der Waals surface area contributed by atoms with E-state index in [-0.39, 0.29) is 18.9 Å². The van der Waals surface area contributed by atoms with Crippen LogP contribution in [0.1, 0.15) is 12.0 Å². The number of hydrogen-bond acceptors (Lipinski definition) is 3. The normalized spacial score (nSPS) is 12.3. The van der Waals surface area contributed by atoms with Crippen molar-refractivity contribution in [1.29, 1.82) is 0 Å². The number of aliphatic carboxylic acids is 1. The second kappa shape index (κ2) is 6.41. The molecule has 0 saturated heterocycles. The van der Waals surface area contributed by atoms with Crippen molar-refractivity contribution >= 4 is 22.8 Å². The number of likely N-dealkylation sites (N-methyl/N-ethyl adjacent to an activating group) is 1. The van der Waals surface area contributed by atoms with Crippen LogP contribution < -0.4 is 5.73 Å². The van der Waals surface area contributed by atoms with E-state index in [2.05, 4.69) is 4.98 Å². The first-order valence-electron chi connectivity index (χ1n) is 6.76. The zero-order chi connectivity index (χ0) is 15.4. The first-order chi connectivity index (χ1) is 9.99. The molecule has 0 saturated carbocycles. The quantitative estimate of drug-likeness (QED) is 0.737. The van der Waals surface area contributed by atoms with Crippen LogP contribution in [0.4, 0.5) is 0 Å². The molecule has 6 nitrogen and oxygen atoms in total. The van der Waals surface area contributed by atoms with Gasteiger partial charge in [-0.2, -0.15) is 0 Å². The van der Waals surface area contributed by atoms with Crippen molar-refractivity contribution in [2.45, 2.75) is 18.9 Å². The largest absolute Gasteiger partial charge is 0.481 e. The van der Waals surface area contributed by atoms with Crippen LogP contribution in [0.15, 0.2) is 30.5 Å². The predicted molar refractivity (Wildman–Crippen MR) is 79.9 cm³/mol. The number of nitrogens with zero attached hydrogens (tertiary/aromatic N) is 1. The summed E-state index contributed by atoms with van der Waals surface area (Å²) in [5, 5.41) is 9.69. The molecule has 0 bridgehead atoms. The molecule has 0 unspecified atom stereocenters. The summed E-state index contributed by atoms with van der Waals surface area (Å²) in [4.78, 5) is 27.2. The van der Waals surface area contributed by atoms with E-state index in [9.17, 15) is 9.59 Å². The smallest absolute Gasteiger partial charge is 0.305 e. The summed E-state index contributed by atoms with van der Waals surface area (Å²) in [6.07, 6.45) is 2.19. The topological polar surface area (TPSA) is 99.4 Å². The number of amides is 1. The second-order valence-electron chi connectivity index (χ2n) is 5.07. The number of nitrogens with two attached hydrogens (primary N) is 1. The van der Waals surface area contributed by atoms with Gasteiger partial charge in [-0.25, -0.2) is 0 Å². The highest BCUT2D eigenvalue weighted by Gasteiger charge is 2.20. The number of fused-ring (bicyclic) bond motifs is 1. The number of rotatable bonds is 6. The van der Waals surface area contributed by atoms with Gasteiger partial charge in [-0.1, -0.05) is 18.2 Å². The highest BCUT2D eigenvalue weighted by Crippen LogP contribution is 2.19. The lowest BCUT2D eigenvalue weighted by Crippen LogP contribution is -2.43. The van der Waals surface area contributed by atoms with Crippen LogP contribution in [-0.2, 0) is 16.0 Å². The Morgan fingerprint density at radius 1 is 1.38 bits per heavy atom. The monoisotopic (exact) mass is 289 g/mol. The molecule has 4 N–H and O–H groups in total. The lowest BCUT2D eigenvalue weighted by Gasteiger charge is -2.20. The summed E-state index contributed by atoms with van der Waals surface area (Å²) in [6.45, 7) is 0.162. The lowest BCUT2D eigenvalue weighted by atomic mass is 10.0. The third-order valence-corrected chi connectivity index (χ3v) is 3.47. The number of carboxylic acid groups (broad SMARTS) is 1. The summed E-state index contributed by atoms with van der Waals surface area (Å²) in [6, 6.07) is 7.14. The fraction of sp³-hybridized carbons (Fsp3) is 0.333. The van der Waals surface area contributed by atoms with Crippen LogP contribution in [0, 0.1) is 0 Å². The number of benzene rings is 1. The van der Waals surface area contributed by atoms with E-state index in [1.54, 1.807) is 7.05 Å². The van der Waals surface area contributed by atoms with Crippen LogP contribution in [-0.4, -0.2) is 46.5 Å². The van der Waals surface area contributed by atoms with Gasteiger partial charge in [-0.3, -0.25) is 9.59 Å². The van der Waals surface area contributed by atoms with E-state index in [4.69, 9.17) is 10.8 Å². The Morgan fingerprint density at radius 2 is 2.10 bits per heavy atom. The van der Waals surface area contributed by atoms with Gasteiger partial charge in [0.25, 0.3) is 0 Å². The molecule has 2 aromatic rings. The molecule has 0 aliphatic carbocycles. The molecular formula is C15H19N3O3. The van der Waals surface area contributed by atoms with E-state index < -0.39 is 12.0 Å². The third kappa shape index (κ3) is 3.61. The number of carboxylic acids is 1. The molecule has 2 rings (SSSR count). The fourth-order valence-electron chi connectivity index (χ4n) is 2.28. The highest BCUT2D eigenvalue weighted by atomic mass is 16.4. The highest BCUT2D eigenvalue weighted by molar-refractivity contribution is 5.86. The molecule has 1 aromatic heterocycles. The Labute approximate surface area is 122 Å². The van der Waals surface area contributed by atoms with Crippen molar-refractivity contribution in [3.63, 3.8) is 0 Å². The number of aromatic nitrogens is 1. The summed E-state index contributed by atoms with van der Waals surface area (Å²) in [5.74, 6) is -1.18. The van der Waals surface area contributed by atoms with Gasteiger partial charge >= 0.3 is 5.97 Å². The Kier molecular flexibility index (Phi) is 4.59. The van der Waals surface area contributed by atoms with E-state index in [0.29, 0.717) is 6.42 Å². The minimum absolute atomic E-state index is 0.0813. The Balaban J connectivity index is 2.02. The van der Waals surface area contributed by atoms with Crippen LogP contribution in [0.25, 0.3) is 10.9 Å². The molecule has 0 aliphatic heterocycles. The van der Waals surface area contributed by atoms with Gasteiger partial charge in [0.15, 0.2) is 0 Å². The maximum Gasteiger partial charge on any atom is 0.305 e. The average molecular weight is 289 g/mol. The Hall–Kier alpha value is -2.34. The fourth-order valence-corrected chi connectivity index (χ4v) is 2.28. The van der Waals surface area contributed by atoms with Gasteiger partial charge in [0.05, 0.1) is 12.5 Å². The minimum Gasteiger partial charge on any atom is -0.481 e. The molecule has 1 heterocycles. The molecule has 112 valence electrons. The van der Waals surface area contributed by atoms with Gasteiger partial charge in [-0.05, 0) is 18.1 Å². The standard InChI is InChI=1S/C15H19N3O3/c1-18(7-6-14(19)20)15(21)12(16)8-10-9-17-13-5-3-2-4-11(10)13/h2-5,9,12,17H,6-8,16H2,1H3,(H,19,20)/t12-/m0/s1. The van der Waals surface area contributed by atoms with Crippen LogP contribution in [0.2, 0.25) is 0 Å². The molecule has 0 radical (unpaired) electrons. The number of carbonyl (C=O) groups is 2. The van der Waals surface area contributed by atoms with Gasteiger partial charge in [0.2, 0.25) is 5.91 Å². The molecule has 1 atom stereocenters. The summed E-state index contributed by atoms with van der Waals surface area (Å²) < 4.78 is 0. The Morgan fingerprint density at radius 3 is 2.81 bits per heavy atom. The van der Waals surface area contributed by atoms with Crippen LogP contribution >= 0.6 is 0 Å². The van der Waals surface area contributed by atoms with E-state index in [1.165, 1.54) is 4.90 Å². The summed E-state index contributed by atoms with van der Waals surface area (Å²) >= 11 is 0. The third-order valence-electron chi connectivity index (χ3n) is 3.47. The van der Waals surface area contributed by atoms with Gasteiger partial charge in [0, 0.05) is 30.7 Å². The maximum atomic E-state index is 12.1.